The predicted octanol–water partition coefficient (Wildman–Crippen LogP) is 0.578. The van der Waals surface area contributed by atoms with E-state index in [9.17, 15) is 5.11 Å². The SMILES string of the molecule is CCOC1C(O)CC1OCC1CCOC1. The van der Waals surface area contributed by atoms with E-state index in [1.54, 1.807) is 0 Å². The number of ether oxygens (including phenoxy) is 3. The molecule has 1 saturated carbocycles. The van der Waals surface area contributed by atoms with Crippen molar-refractivity contribution in [3.63, 3.8) is 0 Å². The molecule has 0 aromatic heterocycles. The van der Waals surface area contributed by atoms with Crippen LogP contribution in [0.5, 0.6) is 0 Å². The average Bonchev–Trinajstić information content (AvgIpc) is 2.73. The molecule has 0 radical (unpaired) electrons. The maximum absolute atomic E-state index is 9.47. The maximum atomic E-state index is 9.47. The number of hydrogen-bond donors (Lipinski definition) is 1. The lowest BCUT2D eigenvalue weighted by Crippen LogP contribution is -2.54. The van der Waals surface area contributed by atoms with E-state index in [1.165, 1.54) is 0 Å². The Hall–Kier alpha value is -0.160. The number of aliphatic hydroxyl groups is 1. The van der Waals surface area contributed by atoms with Crippen molar-refractivity contribution in [2.24, 2.45) is 5.92 Å². The smallest absolute Gasteiger partial charge is 0.110 e. The van der Waals surface area contributed by atoms with Crippen molar-refractivity contribution in [1.82, 2.24) is 0 Å². The van der Waals surface area contributed by atoms with Crippen LogP contribution in [0.1, 0.15) is 19.8 Å². The molecule has 15 heavy (non-hydrogen) atoms. The van der Waals surface area contributed by atoms with Crippen LogP contribution >= 0.6 is 0 Å². The third-order valence-electron chi connectivity index (χ3n) is 3.15. The van der Waals surface area contributed by atoms with Gasteiger partial charge in [0.15, 0.2) is 0 Å². The van der Waals surface area contributed by atoms with Crippen LogP contribution in [0, 0.1) is 5.92 Å². The van der Waals surface area contributed by atoms with Gasteiger partial charge in [-0.1, -0.05) is 0 Å². The molecule has 0 spiro atoms. The van der Waals surface area contributed by atoms with Crippen LogP contribution in [-0.2, 0) is 14.2 Å². The molecule has 1 aliphatic heterocycles. The second kappa shape index (κ2) is 5.25. The lowest BCUT2D eigenvalue weighted by Gasteiger charge is -2.41. The molecule has 4 heteroatoms. The first kappa shape index (κ1) is 11.3. The van der Waals surface area contributed by atoms with E-state index in [0.717, 1.165) is 26.2 Å². The van der Waals surface area contributed by atoms with E-state index < -0.39 is 0 Å². The van der Waals surface area contributed by atoms with Gasteiger partial charge in [0.1, 0.15) is 6.10 Å². The Bertz CT molecular complexity index is 191. The summed E-state index contributed by atoms with van der Waals surface area (Å²) in [5.74, 6) is 0.532. The molecular formula is C11H20O4. The molecule has 0 bridgehead atoms. The van der Waals surface area contributed by atoms with Gasteiger partial charge in [0, 0.05) is 25.6 Å². The fourth-order valence-electron chi connectivity index (χ4n) is 2.11. The number of rotatable bonds is 5. The van der Waals surface area contributed by atoms with Crippen molar-refractivity contribution < 1.29 is 19.3 Å². The van der Waals surface area contributed by atoms with Crippen LogP contribution < -0.4 is 0 Å². The van der Waals surface area contributed by atoms with Crippen molar-refractivity contribution in [2.75, 3.05) is 26.4 Å². The van der Waals surface area contributed by atoms with Gasteiger partial charge in [-0.2, -0.15) is 0 Å². The zero-order valence-electron chi connectivity index (χ0n) is 9.22. The quantitative estimate of drug-likeness (QED) is 0.730. The van der Waals surface area contributed by atoms with Gasteiger partial charge in [-0.3, -0.25) is 0 Å². The Morgan fingerprint density at radius 2 is 2.27 bits per heavy atom. The second-order valence-electron chi connectivity index (χ2n) is 4.32. The summed E-state index contributed by atoms with van der Waals surface area (Å²) in [5.41, 5.74) is 0. The first-order valence-electron chi connectivity index (χ1n) is 5.80. The van der Waals surface area contributed by atoms with Crippen molar-refractivity contribution >= 4 is 0 Å². The van der Waals surface area contributed by atoms with Crippen LogP contribution in [0.25, 0.3) is 0 Å². The summed E-state index contributed by atoms with van der Waals surface area (Å²) in [7, 11) is 0. The summed E-state index contributed by atoms with van der Waals surface area (Å²) in [5, 5.41) is 9.47. The lowest BCUT2D eigenvalue weighted by molar-refractivity contribution is -0.194. The van der Waals surface area contributed by atoms with Crippen LogP contribution in [0.15, 0.2) is 0 Å². The second-order valence-corrected chi connectivity index (χ2v) is 4.32. The average molecular weight is 216 g/mol. The van der Waals surface area contributed by atoms with Crippen LogP contribution in [0.2, 0.25) is 0 Å². The van der Waals surface area contributed by atoms with E-state index in [2.05, 4.69) is 0 Å². The minimum absolute atomic E-state index is 0.0838. The molecule has 2 aliphatic rings. The van der Waals surface area contributed by atoms with E-state index in [0.29, 0.717) is 18.9 Å². The Morgan fingerprint density at radius 1 is 1.40 bits per heavy atom. The Morgan fingerprint density at radius 3 is 2.87 bits per heavy atom. The largest absolute Gasteiger partial charge is 0.390 e. The molecule has 1 heterocycles. The molecule has 0 aromatic carbocycles. The Balaban J connectivity index is 1.66. The van der Waals surface area contributed by atoms with Gasteiger partial charge in [0.25, 0.3) is 0 Å². The fourth-order valence-corrected chi connectivity index (χ4v) is 2.11. The maximum Gasteiger partial charge on any atom is 0.110 e. The van der Waals surface area contributed by atoms with E-state index >= 15 is 0 Å². The lowest BCUT2D eigenvalue weighted by atomic mass is 9.88. The zero-order valence-corrected chi connectivity index (χ0v) is 9.22. The third-order valence-corrected chi connectivity index (χ3v) is 3.15. The normalized spacial score (nSPS) is 40.4. The highest BCUT2D eigenvalue weighted by molar-refractivity contribution is 4.92. The molecule has 4 nitrogen and oxygen atoms in total. The summed E-state index contributed by atoms with van der Waals surface area (Å²) >= 11 is 0. The standard InChI is InChI=1S/C11H20O4/c1-2-14-11-9(12)5-10(11)15-7-8-3-4-13-6-8/h8-12H,2-7H2,1H3. The minimum atomic E-state index is -0.338. The number of aliphatic hydroxyl groups excluding tert-OH is 1. The molecule has 2 rings (SSSR count). The van der Waals surface area contributed by atoms with Crippen molar-refractivity contribution in [2.45, 2.75) is 38.1 Å². The molecule has 1 saturated heterocycles. The topological polar surface area (TPSA) is 47.9 Å². The van der Waals surface area contributed by atoms with Gasteiger partial charge in [0.2, 0.25) is 0 Å². The summed E-state index contributed by atoms with van der Waals surface area (Å²) in [6, 6.07) is 0. The van der Waals surface area contributed by atoms with Gasteiger partial charge in [0.05, 0.1) is 25.4 Å². The van der Waals surface area contributed by atoms with Gasteiger partial charge in [-0.05, 0) is 13.3 Å². The third kappa shape index (κ3) is 2.69. The van der Waals surface area contributed by atoms with Crippen molar-refractivity contribution in [3.05, 3.63) is 0 Å². The van der Waals surface area contributed by atoms with Gasteiger partial charge < -0.3 is 19.3 Å². The summed E-state index contributed by atoms with van der Waals surface area (Å²) < 4.78 is 16.4. The molecule has 4 unspecified atom stereocenters. The highest BCUT2D eigenvalue weighted by Crippen LogP contribution is 2.28. The minimum Gasteiger partial charge on any atom is -0.390 e. The molecule has 1 aliphatic carbocycles. The van der Waals surface area contributed by atoms with Gasteiger partial charge >= 0.3 is 0 Å². The van der Waals surface area contributed by atoms with Gasteiger partial charge in [-0.25, -0.2) is 0 Å². The first-order chi connectivity index (χ1) is 7.31. The van der Waals surface area contributed by atoms with Crippen LogP contribution in [-0.4, -0.2) is 49.8 Å². The van der Waals surface area contributed by atoms with Crippen molar-refractivity contribution in [1.29, 1.82) is 0 Å². The van der Waals surface area contributed by atoms with E-state index in [1.807, 2.05) is 6.92 Å². The van der Waals surface area contributed by atoms with E-state index in [4.69, 9.17) is 14.2 Å². The fraction of sp³-hybridized carbons (Fsp3) is 1.00. The summed E-state index contributed by atoms with van der Waals surface area (Å²) in [6.07, 6.45) is 1.43. The Kier molecular flexibility index (Phi) is 3.97. The molecule has 88 valence electrons. The monoisotopic (exact) mass is 216 g/mol. The van der Waals surface area contributed by atoms with Gasteiger partial charge in [-0.15, -0.1) is 0 Å². The molecule has 4 atom stereocenters. The molecule has 0 aromatic rings. The van der Waals surface area contributed by atoms with Crippen molar-refractivity contribution in [3.8, 4) is 0 Å². The Labute approximate surface area is 90.5 Å². The van der Waals surface area contributed by atoms with E-state index in [-0.39, 0.29) is 18.3 Å². The van der Waals surface area contributed by atoms with Crippen LogP contribution in [0.4, 0.5) is 0 Å². The molecule has 0 amide bonds. The predicted molar refractivity (Wildman–Crippen MR) is 54.7 cm³/mol. The summed E-state index contributed by atoms with van der Waals surface area (Å²) in [6.45, 7) is 4.98. The van der Waals surface area contributed by atoms with Crippen LogP contribution in [0.3, 0.4) is 0 Å². The summed E-state index contributed by atoms with van der Waals surface area (Å²) in [4.78, 5) is 0. The number of hydrogen-bond acceptors (Lipinski definition) is 4. The highest BCUT2D eigenvalue weighted by atomic mass is 16.6. The molecule has 1 N–H and O–H groups in total. The molecular weight excluding hydrogens is 196 g/mol. The zero-order chi connectivity index (χ0) is 10.7. The molecule has 2 fully saturated rings. The first-order valence-corrected chi connectivity index (χ1v) is 5.80. The highest BCUT2D eigenvalue weighted by Gasteiger charge is 2.41.